The van der Waals surface area contributed by atoms with Crippen LogP contribution in [0.5, 0.6) is 11.5 Å². The zero-order chi connectivity index (χ0) is 14.1. The molecule has 98 valence electrons. The maximum atomic E-state index is 9.15. The van der Waals surface area contributed by atoms with Crippen LogP contribution in [0.4, 0.5) is 5.69 Å². The van der Waals surface area contributed by atoms with E-state index in [1.807, 2.05) is 30.3 Å². The summed E-state index contributed by atoms with van der Waals surface area (Å²) >= 11 is 3.34. The van der Waals surface area contributed by atoms with Gasteiger partial charge in [-0.15, -0.1) is 0 Å². The highest BCUT2D eigenvalue weighted by atomic mass is 79.9. The third-order valence-electron chi connectivity index (χ3n) is 2.84. The number of furan rings is 1. The van der Waals surface area contributed by atoms with Gasteiger partial charge in [-0.25, -0.2) is 0 Å². The highest BCUT2D eigenvalue weighted by molar-refractivity contribution is 9.10. The van der Waals surface area contributed by atoms with Gasteiger partial charge in [0.05, 0.1) is 11.1 Å². The summed E-state index contributed by atoms with van der Waals surface area (Å²) in [6, 6.07) is 14.6. The summed E-state index contributed by atoms with van der Waals surface area (Å²) in [6.07, 6.45) is 0. The Bertz CT molecular complexity index is 833. The van der Waals surface area contributed by atoms with Gasteiger partial charge in [-0.1, -0.05) is 28.1 Å². The molecule has 0 amide bonds. The third-order valence-corrected chi connectivity index (χ3v) is 3.33. The minimum absolute atomic E-state index is 0.133. The second-order valence-corrected chi connectivity index (χ2v) is 5.07. The fourth-order valence-electron chi connectivity index (χ4n) is 1.92. The number of halogens is 1. The van der Waals surface area contributed by atoms with Crippen molar-refractivity contribution in [1.82, 2.24) is 0 Å². The van der Waals surface area contributed by atoms with E-state index in [0.29, 0.717) is 22.8 Å². The van der Waals surface area contributed by atoms with E-state index >= 15 is 0 Å². The first-order valence-electron chi connectivity index (χ1n) is 5.83. The predicted molar refractivity (Wildman–Crippen MR) is 79.6 cm³/mol. The van der Waals surface area contributed by atoms with Crippen molar-refractivity contribution in [3.05, 3.63) is 52.7 Å². The lowest BCUT2D eigenvalue weighted by atomic mass is 10.2. The Morgan fingerprint density at radius 1 is 1.20 bits per heavy atom. The molecule has 0 unspecified atom stereocenters. The van der Waals surface area contributed by atoms with Crippen LogP contribution in [0.25, 0.3) is 11.0 Å². The molecule has 3 aromatic rings. The molecule has 2 N–H and O–H groups in total. The Kier molecular flexibility index (Phi) is 3.09. The van der Waals surface area contributed by atoms with Crippen molar-refractivity contribution in [2.24, 2.45) is 0 Å². The monoisotopic (exact) mass is 328 g/mol. The molecule has 0 aliphatic rings. The van der Waals surface area contributed by atoms with Crippen LogP contribution in [0, 0.1) is 11.3 Å². The molecule has 5 heteroatoms. The minimum atomic E-state index is 0.133. The number of nitrogen functional groups attached to an aromatic ring is 1. The highest BCUT2D eigenvalue weighted by Crippen LogP contribution is 2.38. The van der Waals surface area contributed by atoms with Gasteiger partial charge in [0, 0.05) is 4.47 Å². The van der Waals surface area contributed by atoms with E-state index in [9.17, 15) is 0 Å². The molecular weight excluding hydrogens is 320 g/mol. The molecule has 0 radical (unpaired) electrons. The fourth-order valence-corrected chi connectivity index (χ4v) is 2.30. The average molecular weight is 329 g/mol. The number of anilines is 1. The number of nitrogens with zero attached hydrogens (tertiary/aromatic N) is 1. The van der Waals surface area contributed by atoms with Gasteiger partial charge in [-0.2, -0.15) is 5.26 Å². The number of hydrogen-bond acceptors (Lipinski definition) is 4. The van der Waals surface area contributed by atoms with Gasteiger partial charge in [0.1, 0.15) is 11.7 Å². The Labute approximate surface area is 123 Å². The summed E-state index contributed by atoms with van der Waals surface area (Å²) in [6.45, 7) is 0. The Morgan fingerprint density at radius 2 is 2.00 bits per heavy atom. The number of nitrogens with two attached hydrogens (primary N) is 1. The fraction of sp³-hybridized carbons (Fsp3) is 0. The van der Waals surface area contributed by atoms with Crippen LogP contribution in [0.1, 0.15) is 5.76 Å². The summed E-state index contributed by atoms with van der Waals surface area (Å²) in [5.74, 6) is 1.00. The minimum Gasteiger partial charge on any atom is -0.450 e. The zero-order valence-corrected chi connectivity index (χ0v) is 11.8. The first kappa shape index (κ1) is 12.6. The number of fused-ring (bicyclic) bond motifs is 1. The lowest BCUT2D eigenvalue weighted by molar-refractivity contribution is 0.469. The molecular formula is C15H9BrN2O2. The topological polar surface area (TPSA) is 72.2 Å². The third kappa shape index (κ3) is 2.10. The molecule has 20 heavy (non-hydrogen) atoms. The van der Waals surface area contributed by atoms with Gasteiger partial charge in [-0.05, 0) is 30.3 Å². The second-order valence-electron chi connectivity index (χ2n) is 4.15. The van der Waals surface area contributed by atoms with E-state index in [4.69, 9.17) is 20.1 Å². The molecule has 2 aromatic carbocycles. The molecule has 0 saturated carbocycles. The van der Waals surface area contributed by atoms with Gasteiger partial charge in [0.25, 0.3) is 0 Å². The predicted octanol–water partition coefficient (Wildman–Crippen LogP) is 4.44. The van der Waals surface area contributed by atoms with Crippen LogP contribution in [0.3, 0.4) is 0 Å². The zero-order valence-electron chi connectivity index (χ0n) is 10.3. The van der Waals surface area contributed by atoms with E-state index in [-0.39, 0.29) is 5.76 Å². The average Bonchev–Trinajstić information content (AvgIpc) is 2.80. The van der Waals surface area contributed by atoms with Gasteiger partial charge in [-0.3, -0.25) is 0 Å². The maximum absolute atomic E-state index is 9.15. The van der Waals surface area contributed by atoms with E-state index in [1.165, 1.54) is 0 Å². The largest absolute Gasteiger partial charge is 0.450 e. The van der Waals surface area contributed by atoms with Crippen molar-refractivity contribution in [1.29, 1.82) is 5.26 Å². The summed E-state index contributed by atoms with van der Waals surface area (Å²) < 4.78 is 12.1. The molecule has 1 aromatic heterocycles. The van der Waals surface area contributed by atoms with Crippen LogP contribution < -0.4 is 10.5 Å². The molecule has 0 bridgehead atoms. The normalized spacial score (nSPS) is 10.4. The van der Waals surface area contributed by atoms with Gasteiger partial charge >= 0.3 is 0 Å². The number of benzene rings is 2. The van der Waals surface area contributed by atoms with Crippen LogP contribution >= 0.6 is 15.9 Å². The van der Waals surface area contributed by atoms with E-state index in [2.05, 4.69) is 15.9 Å². The molecule has 0 fully saturated rings. The van der Waals surface area contributed by atoms with E-state index < -0.39 is 0 Å². The number of ether oxygens (including phenoxy) is 1. The highest BCUT2D eigenvalue weighted by Gasteiger charge is 2.16. The summed E-state index contributed by atoms with van der Waals surface area (Å²) in [7, 11) is 0. The van der Waals surface area contributed by atoms with Gasteiger partial charge in [0.2, 0.25) is 5.76 Å². The van der Waals surface area contributed by atoms with E-state index in [1.54, 1.807) is 18.2 Å². The summed E-state index contributed by atoms with van der Waals surface area (Å²) in [5, 5.41) is 9.89. The summed E-state index contributed by atoms with van der Waals surface area (Å²) in [5.41, 5.74) is 6.99. The van der Waals surface area contributed by atoms with Crippen molar-refractivity contribution in [2.45, 2.75) is 0 Å². The lowest BCUT2D eigenvalue weighted by Crippen LogP contribution is -1.92. The molecule has 0 atom stereocenters. The molecule has 0 aliphatic carbocycles. The first-order chi connectivity index (χ1) is 9.69. The van der Waals surface area contributed by atoms with Gasteiger partial charge < -0.3 is 14.9 Å². The van der Waals surface area contributed by atoms with Crippen molar-refractivity contribution in [3.63, 3.8) is 0 Å². The van der Waals surface area contributed by atoms with Crippen molar-refractivity contribution < 1.29 is 9.15 Å². The standard InChI is InChI=1S/C15H9BrN2O2/c16-9-5-6-13(11(18)7-9)20-15-10-3-1-2-4-12(10)19-14(15)8-17/h1-7H,18H2. The quantitative estimate of drug-likeness (QED) is 0.706. The molecule has 4 nitrogen and oxygen atoms in total. The Hall–Kier alpha value is -2.45. The lowest BCUT2D eigenvalue weighted by Gasteiger charge is -2.07. The van der Waals surface area contributed by atoms with Crippen molar-refractivity contribution >= 4 is 32.6 Å². The first-order valence-corrected chi connectivity index (χ1v) is 6.63. The van der Waals surface area contributed by atoms with E-state index in [0.717, 1.165) is 9.86 Å². The van der Waals surface area contributed by atoms with Crippen LogP contribution in [0.15, 0.2) is 51.4 Å². The maximum Gasteiger partial charge on any atom is 0.247 e. The number of hydrogen-bond donors (Lipinski definition) is 1. The molecule has 3 rings (SSSR count). The smallest absolute Gasteiger partial charge is 0.247 e. The number of para-hydroxylation sites is 1. The molecule has 0 saturated heterocycles. The molecule has 0 spiro atoms. The Morgan fingerprint density at radius 3 is 2.75 bits per heavy atom. The summed E-state index contributed by atoms with van der Waals surface area (Å²) in [4.78, 5) is 0. The SMILES string of the molecule is N#Cc1oc2ccccc2c1Oc1ccc(Br)cc1N. The van der Waals surface area contributed by atoms with Crippen molar-refractivity contribution in [3.8, 4) is 17.6 Å². The Balaban J connectivity index is 2.12. The number of rotatable bonds is 2. The van der Waals surface area contributed by atoms with Crippen LogP contribution in [0.2, 0.25) is 0 Å². The van der Waals surface area contributed by atoms with Crippen LogP contribution in [-0.2, 0) is 0 Å². The second kappa shape index (κ2) is 4.91. The molecule has 1 heterocycles. The molecule has 0 aliphatic heterocycles. The number of nitriles is 1. The van der Waals surface area contributed by atoms with Crippen molar-refractivity contribution in [2.75, 3.05) is 5.73 Å². The van der Waals surface area contributed by atoms with Crippen LogP contribution in [-0.4, -0.2) is 0 Å². The van der Waals surface area contributed by atoms with Gasteiger partial charge in [0.15, 0.2) is 11.5 Å².